The minimum atomic E-state index is -0.300. The molecule has 0 amide bonds. The van der Waals surface area contributed by atoms with E-state index in [2.05, 4.69) is 38.5 Å². The second-order valence-corrected chi connectivity index (χ2v) is 5.14. The van der Waals surface area contributed by atoms with Gasteiger partial charge in [-0.3, -0.25) is 0 Å². The van der Waals surface area contributed by atoms with Crippen LogP contribution in [0.3, 0.4) is 0 Å². The number of carbonyl (C=O) groups excluding carboxylic acids is 1. The summed E-state index contributed by atoms with van der Waals surface area (Å²) in [5.74, 6) is 0.327. The smallest absolute Gasteiger partial charge is 0.330 e. The third kappa shape index (κ3) is 7.88. The highest BCUT2D eigenvalue weighted by Gasteiger charge is 2.02. The average Bonchev–Trinajstić information content (AvgIpc) is 2.28. The highest BCUT2D eigenvalue weighted by atomic mass is 16.5. The first-order valence-electron chi connectivity index (χ1n) is 6.42. The summed E-state index contributed by atoms with van der Waals surface area (Å²) in [6.45, 7) is 10.6. The lowest BCUT2D eigenvalue weighted by Crippen LogP contribution is -1.96. The molecule has 0 bridgehead atoms. The van der Waals surface area contributed by atoms with Crippen LogP contribution in [-0.4, -0.2) is 13.1 Å². The molecule has 2 nitrogen and oxygen atoms in total. The molecule has 1 unspecified atom stereocenters. The summed E-state index contributed by atoms with van der Waals surface area (Å²) in [6, 6.07) is 0. The summed E-state index contributed by atoms with van der Waals surface area (Å²) in [5.41, 5.74) is 3.80. The van der Waals surface area contributed by atoms with Crippen LogP contribution in [-0.2, 0) is 9.53 Å². The summed E-state index contributed by atoms with van der Waals surface area (Å²) in [4.78, 5) is 11.0. The number of carbonyl (C=O) groups is 1. The van der Waals surface area contributed by atoms with Gasteiger partial charge in [-0.15, -0.1) is 0 Å². The summed E-state index contributed by atoms with van der Waals surface area (Å²) in [7, 11) is 1.39. The van der Waals surface area contributed by atoms with Gasteiger partial charge in [-0.05, 0) is 52.0 Å². The lowest BCUT2D eigenvalue weighted by molar-refractivity contribution is -0.134. The molecule has 0 fully saturated rings. The van der Waals surface area contributed by atoms with E-state index in [4.69, 9.17) is 0 Å². The van der Waals surface area contributed by atoms with E-state index in [0.29, 0.717) is 5.92 Å². The second-order valence-electron chi connectivity index (χ2n) is 5.14. The maximum Gasteiger partial charge on any atom is 0.330 e. The van der Waals surface area contributed by atoms with Gasteiger partial charge in [0.2, 0.25) is 0 Å². The molecule has 0 N–H and O–H groups in total. The summed E-state index contributed by atoms with van der Waals surface area (Å²) >= 11 is 0. The van der Waals surface area contributed by atoms with Crippen molar-refractivity contribution in [2.24, 2.45) is 5.92 Å². The van der Waals surface area contributed by atoms with Crippen molar-refractivity contribution in [3.05, 3.63) is 34.9 Å². The predicted molar refractivity (Wildman–Crippen MR) is 77.4 cm³/mol. The minimum absolute atomic E-state index is 0.300. The van der Waals surface area contributed by atoms with Gasteiger partial charge in [0.15, 0.2) is 0 Å². The first-order valence-corrected chi connectivity index (χ1v) is 6.42. The number of methoxy groups -OCH3 is 1. The van der Waals surface area contributed by atoms with Crippen LogP contribution in [0.5, 0.6) is 0 Å². The molecular formula is C16H26O2. The number of esters is 1. The number of hydrogen-bond donors (Lipinski definition) is 0. The van der Waals surface area contributed by atoms with Crippen LogP contribution in [0.25, 0.3) is 0 Å². The number of rotatable bonds is 6. The zero-order valence-corrected chi connectivity index (χ0v) is 12.5. The molecule has 0 rings (SSSR count). The molecule has 102 valence electrons. The van der Waals surface area contributed by atoms with Crippen LogP contribution in [0, 0.1) is 5.92 Å². The molecule has 0 aliphatic carbocycles. The third-order valence-electron chi connectivity index (χ3n) is 2.97. The first kappa shape index (κ1) is 16.7. The predicted octanol–water partition coefficient (Wildman–Crippen LogP) is 4.43. The molecule has 0 radical (unpaired) electrons. The van der Waals surface area contributed by atoms with Crippen LogP contribution in [0.1, 0.15) is 47.5 Å². The van der Waals surface area contributed by atoms with Gasteiger partial charge in [-0.1, -0.05) is 30.2 Å². The number of allylic oxidation sites excluding steroid dienone is 5. The quantitative estimate of drug-likeness (QED) is 0.301. The largest absolute Gasteiger partial charge is 0.466 e. The zero-order chi connectivity index (χ0) is 14.1. The van der Waals surface area contributed by atoms with Crippen LogP contribution < -0.4 is 0 Å². The standard InChI is InChI=1S/C16H26O2/c1-12(2)15(5)10-13(3)8-7-9-14(4)11-16(17)18-6/h7,9,11,13H,8,10H2,1-6H3/b9-7+,14-11+. The lowest BCUT2D eigenvalue weighted by atomic mass is 9.96. The Kier molecular flexibility index (Phi) is 8.10. The lowest BCUT2D eigenvalue weighted by Gasteiger charge is -2.10. The van der Waals surface area contributed by atoms with Crippen molar-refractivity contribution in [2.45, 2.75) is 47.5 Å². The Bertz CT molecular complexity index is 355. The van der Waals surface area contributed by atoms with E-state index in [-0.39, 0.29) is 5.97 Å². The summed E-state index contributed by atoms with van der Waals surface area (Å²) in [6.07, 6.45) is 7.76. The van der Waals surface area contributed by atoms with E-state index >= 15 is 0 Å². The van der Waals surface area contributed by atoms with Gasteiger partial charge < -0.3 is 4.74 Å². The van der Waals surface area contributed by atoms with E-state index in [0.717, 1.165) is 18.4 Å². The fourth-order valence-electron chi connectivity index (χ4n) is 1.59. The SMILES string of the molecule is COC(=O)/C=C(C)/C=C/CC(C)CC(C)=C(C)C. The van der Waals surface area contributed by atoms with Gasteiger partial charge in [-0.25, -0.2) is 4.79 Å². The molecule has 2 heteroatoms. The molecule has 0 aromatic heterocycles. The van der Waals surface area contributed by atoms with Gasteiger partial charge in [0.25, 0.3) is 0 Å². The average molecular weight is 250 g/mol. The molecule has 1 atom stereocenters. The Morgan fingerprint density at radius 2 is 1.83 bits per heavy atom. The topological polar surface area (TPSA) is 26.3 Å². The Labute approximate surface area is 111 Å². The Hall–Kier alpha value is -1.31. The van der Waals surface area contributed by atoms with Crippen molar-refractivity contribution in [3.63, 3.8) is 0 Å². The third-order valence-corrected chi connectivity index (χ3v) is 2.97. The van der Waals surface area contributed by atoms with E-state index < -0.39 is 0 Å². The second kappa shape index (κ2) is 8.73. The monoisotopic (exact) mass is 250 g/mol. The summed E-state index contributed by atoms with van der Waals surface area (Å²) in [5, 5.41) is 0. The fourth-order valence-corrected chi connectivity index (χ4v) is 1.59. The maximum atomic E-state index is 11.0. The van der Waals surface area contributed by atoms with Crippen molar-refractivity contribution >= 4 is 5.97 Å². The van der Waals surface area contributed by atoms with Crippen LogP contribution in [0.15, 0.2) is 34.9 Å². The van der Waals surface area contributed by atoms with Crippen molar-refractivity contribution < 1.29 is 9.53 Å². The fraction of sp³-hybridized carbons (Fsp3) is 0.562. The molecule has 0 aromatic carbocycles. The van der Waals surface area contributed by atoms with Crippen LogP contribution in [0.2, 0.25) is 0 Å². The Morgan fingerprint density at radius 1 is 1.22 bits per heavy atom. The van der Waals surface area contributed by atoms with E-state index in [9.17, 15) is 4.79 Å². The van der Waals surface area contributed by atoms with Gasteiger partial charge in [-0.2, -0.15) is 0 Å². The zero-order valence-electron chi connectivity index (χ0n) is 12.5. The Morgan fingerprint density at radius 3 is 2.33 bits per heavy atom. The van der Waals surface area contributed by atoms with Crippen molar-refractivity contribution in [2.75, 3.05) is 7.11 Å². The Balaban J connectivity index is 4.21. The van der Waals surface area contributed by atoms with E-state index in [1.54, 1.807) is 0 Å². The number of ether oxygens (including phenoxy) is 1. The minimum Gasteiger partial charge on any atom is -0.466 e. The number of hydrogen-bond acceptors (Lipinski definition) is 2. The maximum absolute atomic E-state index is 11.0. The van der Waals surface area contributed by atoms with Crippen molar-refractivity contribution in [1.29, 1.82) is 0 Å². The molecule has 0 aliphatic heterocycles. The van der Waals surface area contributed by atoms with Crippen LogP contribution >= 0.6 is 0 Å². The van der Waals surface area contributed by atoms with Crippen LogP contribution in [0.4, 0.5) is 0 Å². The first-order chi connectivity index (χ1) is 8.36. The molecule has 0 saturated heterocycles. The van der Waals surface area contributed by atoms with Crippen molar-refractivity contribution in [3.8, 4) is 0 Å². The molecule has 18 heavy (non-hydrogen) atoms. The molecule has 0 aromatic rings. The van der Waals surface area contributed by atoms with Gasteiger partial charge in [0, 0.05) is 6.08 Å². The normalized spacial score (nSPS) is 13.6. The van der Waals surface area contributed by atoms with E-state index in [1.807, 2.05) is 13.0 Å². The van der Waals surface area contributed by atoms with Gasteiger partial charge in [0.05, 0.1) is 7.11 Å². The highest BCUT2D eigenvalue weighted by molar-refractivity contribution is 5.83. The van der Waals surface area contributed by atoms with Gasteiger partial charge in [0.1, 0.15) is 0 Å². The van der Waals surface area contributed by atoms with Gasteiger partial charge >= 0.3 is 5.97 Å². The molecule has 0 aliphatic rings. The summed E-state index contributed by atoms with van der Waals surface area (Å²) < 4.78 is 4.57. The van der Waals surface area contributed by atoms with E-state index in [1.165, 1.54) is 24.3 Å². The van der Waals surface area contributed by atoms with Crippen molar-refractivity contribution in [1.82, 2.24) is 0 Å². The molecular weight excluding hydrogens is 224 g/mol. The highest BCUT2D eigenvalue weighted by Crippen LogP contribution is 2.17. The molecule has 0 heterocycles. The molecule has 0 saturated carbocycles. The molecule has 0 spiro atoms.